The zero-order valence-corrected chi connectivity index (χ0v) is 21.6. The van der Waals surface area contributed by atoms with Crippen LogP contribution in [0.15, 0.2) is 50.5 Å². The number of rotatable bonds is 7. The number of pyridine rings is 1. The number of nitrogens with two attached hydrogens (primary N) is 1. The average molecular weight is 515 g/mol. The molecule has 33 heavy (non-hydrogen) atoms. The number of anilines is 1. The molecule has 2 aromatic rings. The molecule has 0 aliphatic carbocycles. The van der Waals surface area contributed by atoms with Crippen molar-refractivity contribution in [1.29, 1.82) is 0 Å². The van der Waals surface area contributed by atoms with E-state index in [0.29, 0.717) is 16.4 Å². The molecule has 2 atom stereocenters. The van der Waals surface area contributed by atoms with Crippen LogP contribution >= 0.6 is 34.9 Å². The molecule has 2 aliphatic rings. The van der Waals surface area contributed by atoms with Crippen molar-refractivity contribution in [3.8, 4) is 0 Å². The van der Waals surface area contributed by atoms with E-state index in [1.165, 1.54) is 28.9 Å². The van der Waals surface area contributed by atoms with Gasteiger partial charge in [0.1, 0.15) is 22.5 Å². The minimum atomic E-state index is -1.23. The fourth-order valence-electron chi connectivity index (χ4n) is 3.10. The van der Waals surface area contributed by atoms with Gasteiger partial charge in [0, 0.05) is 33.9 Å². The summed E-state index contributed by atoms with van der Waals surface area (Å²) in [5.74, 6) is -1.98. The predicted octanol–water partition coefficient (Wildman–Crippen LogP) is -2.43. The molecule has 2 aromatic heterocycles. The number of amides is 1. The molecule has 1 fully saturated rings. The Hall–Kier alpha value is -2.10. The number of hydrogen-bond acceptors (Lipinski definition) is 12. The zero-order valence-electron chi connectivity index (χ0n) is 17.1. The number of aliphatic imine (C=N–C) groups is 1. The Morgan fingerprint density at radius 2 is 2.21 bits per heavy atom. The van der Waals surface area contributed by atoms with Crippen LogP contribution in [0.1, 0.15) is 11.4 Å². The van der Waals surface area contributed by atoms with E-state index in [2.05, 4.69) is 20.1 Å². The van der Waals surface area contributed by atoms with Crippen molar-refractivity contribution in [2.45, 2.75) is 17.2 Å². The molecule has 0 spiro atoms. The van der Waals surface area contributed by atoms with Crippen LogP contribution in [0.25, 0.3) is 0 Å². The van der Waals surface area contributed by atoms with E-state index in [0.717, 1.165) is 21.9 Å². The summed E-state index contributed by atoms with van der Waals surface area (Å²) in [5.41, 5.74) is 5.82. The fourth-order valence-corrected chi connectivity index (χ4v) is 6.18. The standard InChI is InChI=1S/C18H16N6O5S3.Na/c19-18-21-9(6-32-18)11(23-29)14(25)22-12-15(26)24-13(17(27)28)10(7-31-16(12)24)30-5-8-3-1-2-4-20-8;/h1-4,6,12,16,29H,5,7H2,(H2,19,21)(H,22,25)(H,27,28);/q;+1/p-1/b23-11+;/t12-,16-;/m1./s1. The number of nitrogens with zero attached hydrogens (tertiary/aromatic N) is 5. The van der Waals surface area contributed by atoms with Crippen molar-refractivity contribution < 1.29 is 54.6 Å². The second-order valence-electron chi connectivity index (χ2n) is 6.50. The van der Waals surface area contributed by atoms with Crippen LogP contribution in [-0.4, -0.2) is 65.8 Å². The maximum atomic E-state index is 12.7. The summed E-state index contributed by atoms with van der Waals surface area (Å²) < 4.78 is 0. The first-order valence-corrected chi connectivity index (χ1v) is 11.9. The van der Waals surface area contributed by atoms with Gasteiger partial charge in [0.25, 0.3) is 5.91 Å². The Morgan fingerprint density at radius 3 is 2.82 bits per heavy atom. The van der Waals surface area contributed by atoms with Gasteiger partial charge in [-0.3, -0.25) is 19.7 Å². The molecule has 0 unspecified atom stereocenters. The number of carbonyl (C=O) groups is 2. The van der Waals surface area contributed by atoms with E-state index >= 15 is 0 Å². The summed E-state index contributed by atoms with van der Waals surface area (Å²) in [6.45, 7) is 0. The minimum absolute atomic E-state index is 0. The number of β-lactam (4-membered cyclic amide) rings is 1. The summed E-state index contributed by atoms with van der Waals surface area (Å²) >= 11 is 3.67. The quantitative estimate of drug-likeness (QED) is 0.0899. The van der Waals surface area contributed by atoms with Gasteiger partial charge in [0.2, 0.25) is 0 Å². The van der Waals surface area contributed by atoms with Gasteiger partial charge in [0.15, 0.2) is 11.2 Å². The minimum Gasteiger partial charge on any atom is -0.857 e. The van der Waals surface area contributed by atoms with E-state index in [1.807, 2.05) is 12.1 Å². The average Bonchev–Trinajstić information content (AvgIpc) is 3.22. The van der Waals surface area contributed by atoms with Crippen LogP contribution in [-0.2, 0) is 15.3 Å². The first-order chi connectivity index (χ1) is 15.4. The number of thiazole rings is 1. The number of carboxylic acid groups (broad SMARTS) is 1. The number of carbonyl (C=O) groups excluding carboxylic acids is 1. The monoisotopic (exact) mass is 514 g/mol. The molecule has 0 radical (unpaired) electrons. The predicted molar refractivity (Wildman–Crippen MR) is 119 cm³/mol. The maximum Gasteiger partial charge on any atom is 1.00 e. The molecule has 4 N–H and O–H groups in total. The van der Waals surface area contributed by atoms with Gasteiger partial charge in [-0.25, -0.2) is 9.78 Å². The summed E-state index contributed by atoms with van der Waals surface area (Å²) in [6.07, 6.45) is 1.65. The van der Waals surface area contributed by atoms with Crippen LogP contribution in [0.4, 0.5) is 5.13 Å². The molecule has 1 amide bonds. The van der Waals surface area contributed by atoms with E-state index < -0.39 is 34.9 Å². The summed E-state index contributed by atoms with van der Waals surface area (Å²) in [4.78, 5) is 38.3. The van der Waals surface area contributed by atoms with Crippen LogP contribution in [0.5, 0.6) is 0 Å². The van der Waals surface area contributed by atoms with Gasteiger partial charge < -0.3 is 21.2 Å². The van der Waals surface area contributed by atoms with Crippen LogP contribution < -0.4 is 40.4 Å². The van der Waals surface area contributed by atoms with Crippen molar-refractivity contribution in [2.75, 3.05) is 11.5 Å². The third kappa shape index (κ3) is 5.20. The fraction of sp³-hybridized carbons (Fsp3) is 0.222. The SMILES string of the molecule is Nc1nc(/C(=N\O)C([O-])=N[C@@H]2C(=O)N3C(C(=O)O)=C(SCc4ccccn4)CS[C@H]23)cs1.[Na+]. The molecule has 0 bridgehead atoms. The molecule has 15 heteroatoms. The molecule has 4 rings (SSSR count). The molecular formula is C18H15N6NaO5S3. The van der Waals surface area contributed by atoms with Crippen LogP contribution in [0.2, 0.25) is 0 Å². The normalized spacial score (nSPS) is 20.7. The number of fused-ring (bicyclic) bond motifs is 1. The molecule has 0 aromatic carbocycles. The van der Waals surface area contributed by atoms with Crippen molar-refractivity contribution in [2.24, 2.45) is 10.1 Å². The number of oxime groups is 1. The second kappa shape index (κ2) is 10.9. The molecular weight excluding hydrogens is 499 g/mol. The third-order valence-corrected chi connectivity index (χ3v) is 7.80. The van der Waals surface area contributed by atoms with Gasteiger partial charge >= 0.3 is 35.5 Å². The number of aliphatic carboxylic acids is 1. The van der Waals surface area contributed by atoms with Gasteiger partial charge in [-0.1, -0.05) is 11.2 Å². The zero-order chi connectivity index (χ0) is 22.8. The van der Waals surface area contributed by atoms with Gasteiger partial charge in [-0.2, -0.15) is 0 Å². The number of hydrogen-bond donors (Lipinski definition) is 3. The maximum absolute atomic E-state index is 12.7. The topological polar surface area (TPSA) is 177 Å². The Balaban J connectivity index is 0.00000306. The van der Waals surface area contributed by atoms with Crippen molar-refractivity contribution in [1.82, 2.24) is 14.9 Å². The summed E-state index contributed by atoms with van der Waals surface area (Å²) in [6, 6.07) is 4.37. The van der Waals surface area contributed by atoms with Crippen molar-refractivity contribution >= 4 is 63.5 Å². The molecule has 1 saturated heterocycles. The van der Waals surface area contributed by atoms with Crippen LogP contribution in [0.3, 0.4) is 0 Å². The number of aromatic nitrogens is 2. The van der Waals surface area contributed by atoms with E-state index in [1.54, 1.807) is 12.3 Å². The third-order valence-electron chi connectivity index (χ3n) is 4.55. The first kappa shape index (κ1) is 25.5. The largest absolute Gasteiger partial charge is 1.00 e. The Bertz CT molecular complexity index is 1160. The van der Waals surface area contributed by atoms with Crippen LogP contribution in [0, 0.1) is 0 Å². The van der Waals surface area contributed by atoms with Crippen molar-refractivity contribution in [3.63, 3.8) is 0 Å². The van der Waals surface area contributed by atoms with Gasteiger partial charge in [-0.05, 0) is 12.1 Å². The first-order valence-electron chi connectivity index (χ1n) is 9.03. The van der Waals surface area contributed by atoms with E-state index in [9.17, 15) is 25.0 Å². The number of nitrogen functional groups attached to an aromatic ring is 1. The Kier molecular flexibility index (Phi) is 8.42. The van der Waals surface area contributed by atoms with Gasteiger partial charge in [-0.15, -0.1) is 34.9 Å². The number of carboxylic acids is 1. The Morgan fingerprint density at radius 1 is 1.42 bits per heavy atom. The molecule has 166 valence electrons. The molecule has 11 nitrogen and oxygen atoms in total. The summed E-state index contributed by atoms with van der Waals surface area (Å²) in [7, 11) is 0. The Labute approximate surface area is 222 Å². The second-order valence-corrected chi connectivity index (χ2v) is 9.56. The molecule has 0 saturated carbocycles. The molecule has 4 heterocycles. The van der Waals surface area contributed by atoms with E-state index in [4.69, 9.17) is 5.73 Å². The van der Waals surface area contributed by atoms with Gasteiger partial charge in [0.05, 0.1) is 5.69 Å². The van der Waals surface area contributed by atoms with Crippen molar-refractivity contribution in [3.05, 3.63) is 51.8 Å². The molecule has 2 aliphatic heterocycles. The summed E-state index contributed by atoms with van der Waals surface area (Å²) in [5, 5.41) is 35.3. The smallest absolute Gasteiger partial charge is 0.857 e. The van der Waals surface area contributed by atoms with E-state index in [-0.39, 0.29) is 46.1 Å². The number of thioether (sulfide) groups is 2.